The number of benzene rings is 2. The van der Waals surface area contributed by atoms with Crippen LogP contribution in [-0.2, 0) is 12.6 Å². The maximum atomic E-state index is 13.2. The summed E-state index contributed by atoms with van der Waals surface area (Å²) in [5.74, 6) is 1.05. The number of ether oxygens (including phenoxy) is 2. The van der Waals surface area contributed by atoms with E-state index in [4.69, 9.17) is 15.2 Å². The summed E-state index contributed by atoms with van der Waals surface area (Å²) in [6, 6.07) is 9.16. The van der Waals surface area contributed by atoms with Gasteiger partial charge in [-0.3, -0.25) is 0 Å². The van der Waals surface area contributed by atoms with E-state index in [2.05, 4.69) is 0 Å². The van der Waals surface area contributed by atoms with Crippen molar-refractivity contribution in [2.75, 3.05) is 13.7 Å². The predicted octanol–water partition coefficient (Wildman–Crippen LogP) is 3.64. The second kappa shape index (κ2) is 5.77. The van der Waals surface area contributed by atoms with Gasteiger partial charge in [0.15, 0.2) is 0 Å². The van der Waals surface area contributed by atoms with Crippen LogP contribution in [-0.4, -0.2) is 19.8 Å². The number of halogens is 3. The van der Waals surface area contributed by atoms with Crippen molar-refractivity contribution in [3.05, 3.63) is 47.5 Å². The van der Waals surface area contributed by atoms with Gasteiger partial charge >= 0.3 is 6.18 Å². The Kier molecular flexibility index (Phi) is 3.93. The number of hydrogen-bond acceptors (Lipinski definition) is 3. The lowest BCUT2D eigenvalue weighted by atomic mass is 9.97. The third kappa shape index (κ3) is 2.99. The fraction of sp³-hybridized carbons (Fsp3) is 0.294. The molecule has 0 saturated carbocycles. The molecule has 1 unspecified atom stereocenters. The van der Waals surface area contributed by atoms with Crippen LogP contribution in [0.4, 0.5) is 13.2 Å². The molecule has 1 heterocycles. The van der Waals surface area contributed by atoms with Crippen molar-refractivity contribution in [1.29, 1.82) is 0 Å². The van der Waals surface area contributed by atoms with Gasteiger partial charge in [0.25, 0.3) is 0 Å². The number of hydrogen-bond donors (Lipinski definition) is 1. The van der Waals surface area contributed by atoms with Crippen LogP contribution in [0.2, 0.25) is 0 Å². The van der Waals surface area contributed by atoms with E-state index in [0.717, 1.165) is 12.1 Å². The van der Waals surface area contributed by atoms with Crippen LogP contribution in [0.25, 0.3) is 11.1 Å². The van der Waals surface area contributed by atoms with Crippen LogP contribution in [0.1, 0.15) is 11.1 Å². The Hall–Kier alpha value is -2.21. The quantitative estimate of drug-likeness (QED) is 0.938. The molecule has 0 fully saturated rings. The van der Waals surface area contributed by atoms with Gasteiger partial charge in [-0.2, -0.15) is 13.2 Å². The first-order chi connectivity index (χ1) is 10.9. The number of rotatable bonds is 3. The lowest BCUT2D eigenvalue weighted by Gasteiger charge is -2.14. The summed E-state index contributed by atoms with van der Waals surface area (Å²) in [6.07, 6.45) is -4.33. The van der Waals surface area contributed by atoms with Crippen molar-refractivity contribution >= 4 is 0 Å². The lowest BCUT2D eigenvalue weighted by molar-refractivity contribution is -0.137. The summed E-state index contributed by atoms with van der Waals surface area (Å²) in [4.78, 5) is 0. The van der Waals surface area contributed by atoms with Crippen LogP contribution >= 0.6 is 0 Å². The Morgan fingerprint density at radius 3 is 2.70 bits per heavy atom. The second-order valence-electron chi connectivity index (χ2n) is 5.42. The summed E-state index contributed by atoms with van der Waals surface area (Å²) < 4.78 is 50.5. The molecule has 0 aliphatic carbocycles. The van der Waals surface area contributed by atoms with Crippen LogP contribution in [0, 0.1) is 0 Å². The van der Waals surface area contributed by atoms with Crippen molar-refractivity contribution in [3.8, 4) is 22.6 Å². The van der Waals surface area contributed by atoms with Gasteiger partial charge in [0.05, 0.1) is 12.7 Å². The van der Waals surface area contributed by atoms with Crippen molar-refractivity contribution in [1.82, 2.24) is 0 Å². The maximum absolute atomic E-state index is 13.2. The number of fused-ring (bicyclic) bond motifs is 1. The van der Waals surface area contributed by atoms with Gasteiger partial charge in [0.2, 0.25) is 0 Å². The Labute approximate surface area is 131 Å². The van der Waals surface area contributed by atoms with E-state index in [9.17, 15) is 13.2 Å². The smallest absolute Gasteiger partial charge is 0.416 e. The minimum absolute atomic E-state index is 0.258. The van der Waals surface area contributed by atoms with E-state index in [1.54, 1.807) is 24.3 Å². The lowest BCUT2D eigenvalue weighted by Crippen LogP contribution is -2.24. The molecule has 0 saturated heterocycles. The topological polar surface area (TPSA) is 44.5 Å². The highest BCUT2D eigenvalue weighted by atomic mass is 19.4. The molecule has 23 heavy (non-hydrogen) atoms. The maximum Gasteiger partial charge on any atom is 0.416 e. The van der Waals surface area contributed by atoms with Gasteiger partial charge < -0.3 is 15.2 Å². The van der Waals surface area contributed by atoms with E-state index in [1.807, 2.05) is 0 Å². The largest absolute Gasteiger partial charge is 0.497 e. The number of alkyl halides is 3. The molecule has 3 nitrogen and oxygen atoms in total. The molecule has 2 N–H and O–H groups in total. The number of methoxy groups -OCH3 is 1. The summed E-state index contributed by atoms with van der Waals surface area (Å²) in [5.41, 5.74) is 6.48. The SMILES string of the molecule is COc1cccc(-c2cc(C(F)(F)F)cc3c2OC(CN)C3)c1. The fourth-order valence-electron chi connectivity index (χ4n) is 2.73. The fourth-order valence-corrected chi connectivity index (χ4v) is 2.73. The molecule has 1 atom stereocenters. The van der Waals surface area contributed by atoms with E-state index in [-0.39, 0.29) is 12.6 Å². The molecule has 0 bridgehead atoms. The van der Waals surface area contributed by atoms with Gasteiger partial charge in [-0.05, 0) is 35.4 Å². The van der Waals surface area contributed by atoms with Gasteiger partial charge in [0, 0.05) is 18.5 Å². The van der Waals surface area contributed by atoms with Crippen molar-refractivity contribution in [2.45, 2.75) is 18.7 Å². The second-order valence-corrected chi connectivity index (χ2v) is 5.42. The summed E-state index contributed by atoms with van der Waals surface area (Å²) in [6.45, 7) is 0.258. The molecule has 2 aromatic carbocycles. The Bertz CT molecular complexity index is 728. The minimum atomic E-state index is -4.41. The first-order valence-corrected chi connectivity index (χ1v) is 7.17. The predicted molar refractivity (Wildman–Crippen MR) is 80.6 cm³/mol. The monoisotopic (exact) mass is 323 g/mol. The Morgan fingerprint density at radius 1 is 1.26 bits per heavy atom. The number of nitrogens with two attached hydrogens (primary N) is 1. The Balaban J connectivity index is 2.17. The Morgan fingerprint density at radius 2 is 2.04 bits per heavy atom. The molecule has 6 heteroatoms. The van der Waals surface area contributed by atoms with Crippen LogP contribution in [0.15, 0.2) is 36.4 Å². The zero-order valence-corrected chi connectivity index (χ0v) is 12.5. The molecule has 1 aliphatic rings. The van der Waals surface area contributed by atoms with Gasteiger partial charge in [-0.25, -0.2) is 0 Å². The molecular formula is C17H16F3NO2. The highest BCUT2D eigenvalue weighted by molar-refractivity contribution is 5.75. The van der Waals surface area contributed by atoms with Crippen molar-refractivity contribution in [2.24, 2.45) is 5.73 Å². The van der Waals surface area contributed by atoms with Crippen LogP contribution in [0.5, 0.6) is 11.5 Å². The van der Waals surface area contributed by atoms with Gasteiger partial charge in [0.1, 0.15) is 17.6 Å². The first-order valence-electron chi connectivity index (χ1n) is 7.17. The average Bonchev–Trinajstić information content (AvgIpc) is 2.96. The molecule has 2 aromatic rings. The summed E-state index contributed by atoms with van der Waals surface area (Å²) in [7, 11) is 1.51. The van der Waals surface area contributed by atoms with Gasteiger partial charge in [-0.1, -0.05) is 12.1 Å². The highest BCUT2D eigenvalue weighted by Crippen LogP contribution is 2.43. The van der Waals surface area contributed by atoms with E-state index in [1.165, 1.54) is 7.11 Å². The molecule has 3 rings (SSSR count). The van der Waals surface area contributed by atoms with E-state index >= 15 is 0 Å². The normalized spacial score (nSPS) is 16.8. The van der Waals surface area contributed by atoms with Crippen molar-refractivity contribution < 1.29 is 22.6 Å². The molecule has 0 spiro atoms. The average molecular weight is 323 g/mol. The third-order valence-electron chi connectivity index (χ3n) is 3.87. The third-order valence-corrected chi connectivity index (χ3v) is 3.87. The zero-order valence-electron chi connectivity index (χ0n) is 12.5. The molecule has 122 valence electrons. The summed E-state index contributed by atoms with van der Waals surface area (Å²) >= 11 is 0. The molecule has 0 aromatic heterocycles. The van der Waals surface area contributed by atoms with Crippen LogP contribution < -0.4 is 15.2 Å². The molecule has 0 amide bonds. The zero-order chi connectivity index (χ0) is 16.6. The minimum Gasteiger partial charge on any atom is -0.497 e. The molecular weight excluding hydrogens is 307 g/mol. The first kappa shape index (κ1) is 15.7. The van der Waals surface area contributed by atoms with E-state index in [0.29, 0.717) is 34.6 Å². The van der Waals surface area contributed by atoms with Crippen molar-refractivity contribution in [3.63, 3.8) is 0 Å². The van der Waals surface area contributed by atoms with Crippen LogP contribution in [0.3, 0.4) is 0 Å². The van der Waals surface area contributed by atoms with E-state index < -0.39 is 11.7 Å². The molecule has 1 aliphatic heterocycles. The molecule has 0 radical (unpaired) electrons. The highest BCUT2D eigenvalue weighted by Gasteiger charge is 2.35. The van der Waals surface area contributed by atoms with Gasteiger partial charge in [-0.15, -0.1) is 0 Å². The summed E-state index contributed by atoms with van der Waals surface area (Å²) in [5, 5.41) is 0. The standard InChI is InChI=1S/C17H16F3NO2/c1-22-13-4-2-3-10(6-13)15-8-12(17(18,19)20)5-11-7-14(9-21)23-16(11)15/h2-6,8,14H,7,9,21H2,1H3.